The van der Waals surface area contributed by atoms with Crippen LogP contribution in [0.2, 0.25) is 0 Å². The number of rotatable bonds is 10. The fourth-order valence-corrected chi connectivity index (χ4v) is 3.49. The number of hydrogen-bond donors (Lipinski definition) is 1. The third-order valence-corrected chi connectivity index (χ3v) is 4.98. The zero-order valence-corrected chi connectivity index (χ0v) is 17.8. The third kappa shape index (κ3) is 5.22. The number of ketones is 1. The quantitative estimate of drug-likeness (QED) is 0.585. The van der Waals surface area contributed by atoms with Crippen LogP contribution >= 0.6 is 0 Å². The van der Waals surface area contributed by atoms with E-state index in [1.54, 1.807) is 12.1 Å². The van der Waals surface area contributed by atoms with Crippen LogP contribution < -0.4 is 4.74 Å². The zero-order valence-electron chi connectivity index (χ0n) is 17.8. The fourth-order valence-electron chi connectivity index (χ4n) is 3.49. The van der Waals surface area contributed by atoms with E-state index in [9.17, 15) is 14.7 Å². The number of nitrogens with zero attached hydrogens (tertiary/aromatic N) is 1. The molecule has 6 nitrogen and oxygen atoms in total. The Morgan fingerprint density at radius 1 is 1.13 bits per heavy atom. The summed E-state index contributed by atoms with van der Waals surface area (Å²) in [6, 6.07) is 15.9. The summed E-state index contributed by atoms with van der Waals surface area (Å²) in [6.45, 7) is 3.10. The van der Waals surface area contributed by atoms with E-state index >= 15 is 0 Å². The number of ether oxygens (including phenoxy) is 2. The van der Waals surface area contributed by atoms with Crippen molar-refractivity contribution in [1.29, 1.82) is 0 Å². The first-order valence-electron chi connectivity index (χ1n) is 10.3. The van der Waals surface area contributed by atoms with Gasteiger partial charge < -0.3 is 19.5 Å². The summed E-state index contributed by atoms with van der Waals surface area (Å²) in [7, 11) is 1.54. The summed E-state index contributed by atoms with van der Waals surface area (Å²) in [4.78, 5) is 27.3. The number of methoxy groups -OCH3 is 1. The molecule has 0 spiro atoms. The van der Waals surface area contributed by atoms with Gasteiger partial charge in [-0.2, -0.15) is 0 Å². The molecule has 1 N–H and O–H groups in total. The summed E-state index contributed by atoms with van der Waals surface area (Å²) < 4.78 is 10.9. The smallest absolute Gasteiger partial charge is 0.290 e. The predicted octanol–water partition coefficient (Wildman–Crippen LogP) is 4.10. The molecule has 1 unspecified atom stereocenters. The predicted molar refractivity (Wildman–Crippen MR) is 119 cm³/mol. The van der Waals surface area contributed by atoms with E-state index in [1.807, 2.05) is 55.5 Å². The zero-order chi connectivity index (χ0) is 22.2. The van der Waals surface area contributed by atoms with E-state index in [4.69, 9.17) is 9.47 Å². The molecule has 1 aliphatic rings. The van der Waals surface area contributed by atoms with Gasteiger partial charge in [0.1, 0.15) is 5.75 Å². The lowest BCUT2D eigenvalue weighted by Gasteiger charge is -2.26. The van der Waals surface area contributed by atoms with Crippen molar-refractivity contribution in [3.8, 4) is 5.75 Å². The van der Waals surface area contributed by atoms with Crippen molar-refractivity contribution in [2.24, 2.45) is 0 Å². The summed E-state index contributed by atoms with van der Waals surface area (Å²) >= 11 is 0. The number of carbonyl (C=O) groups is 2. The molecule has 0 fully saturated rings. The van der Waals surface area contributed by atoms with Gasteiger partial charge in [-0.25, -0.2) is 0 Å². The Kier molecular flexibility index (Phi) is 7.62. The lowest BCUT2D eigenvalue weighted by Crippen LogP contribution is -2.33. The maximum absolute atomic E-state index is 13.1. The van der Waals surface area contributed by atoms with Crippen molar-refractivity contribution in [1.82, 2.24) is 4.90 Å². The Labute approximate surface area is 182 Å². The molecule has 31 heavy (non-hydrogen) atoms. The maximum atomic E-state index is 13.1. The fraction of sp³-hybridized carbons (Fsp3) is 0.280. The van der Waals surface area contributed by atoms with Crippen molar-refractivity contribution in [2.45, 2.75) is 19.4 Å². The normalized spacial score (nSPS) is 16.4. The van der Waals surface area contributed by atoms with E-state index in [0.29, 0.717) is 17.9 Å². The van der Waals surface area contributed by atoms with E-state index in [-0.39, 0.29) is 18.7 Å². The molecule has 2 aromatic carbocycles. The average molecular weight is 421 g/mol. The van der Waals surface area contributed by atoms with Crippen molar-refractivity contribution in [3.63, 3.8) is 0 Å². The summed E-state index contributed by atoms with van der Waals surface area (Å²) in [6.07, 6.45) is 3.92. The van der Waals surface area contributed by atoms with Crippen LogP contribution in [-0.2, 0) is 14.3 Å². The van der Waals surface area contributed by atoms with E-state index < -0.39 is 23.5 Å². The van der Waals surface area contributed by atoms with E-state index in [0.717, 1.165) is 12.0 Å². The van der Waals surface area contributed by atoms with Crippen LogP contribution in [0.1, 0.15) is 30.5 Å². The molecular weight excluding hydrogens is 394 g/mol. The van der Waals surface area contributed by atoms with Gasteiger partial charge in [0.15, 0.2) is 11.5 Å². The monoisotopic (exact) mass is 421 g/mol. The minimum Gasteiger partial charge on any atom is -0.503 e. The molecule has 162 valence electrons. The van der Waals surface area contributed by atoms with E-state index in [2.05, 4.69) is 0 Å². The van der Waals surface area contributed by atoms with Gasteiger partial charge in [-0.1, -0.05) is 55.5 Å². The molecule has 0 saturated heterocycles. The van der Waals surface area contributed by atoms with Crippen LogP contribution in [-0.4, -0.2) is 48.6 Å². The van der Waals surface area contributed by atoms with Gasteiger partial charge >= 0.3 is 0 Å². The van der Waals surface area contributed by atoms with Gasteiger partial charge in [-0.05, 0) is 35.8 Å². The molecular formula is C25H27NO5. The molecule has 2 aromatic rings. The molecule has 0 radical (unpaired) electrons. The average Bonchev–Trinajstić information content (AvgIpc) is 3.05. The Morgan fingerprint density at radius 2 is 1.90 bits per heavy atom. The van der Waals surface area contributed by atoms with Crippen molar-refractivity contribution >= 4 is 17.8 Å². The number of benzene rings is 2. The Hall–Kier alpha value is -3.38. The van der Waals surface area contributed by atoms with Gasteiger partial charge in [0.05, 0.1) is 24.8 Å². The molecule has 1 heterocycles. The van der Waals surface area contributed by atoms with Crippen LogP contribution in [0.3, 0.4) is 0 Å². The Morgan fingerprint density at radius 3 is 2.61 bits per heavy atom. The number of hydrogen-bond acceptors (Lipinski definition) is 5. The first kappa shape index (κ1) is 22.3. The van der Waals surface area contributed by atoms with Crippen LogP contribution in [0.5, 0.6) is 5.75 Å². The van der Waals surface area contributed by atoms with Crippen LogP contribution in [0.25, 0.3) is 6.08 Å². The first-order valence-corrected chi connectivity index (χ1v) is 10.3. The SMILES string of the molecule is CCCOc1cccc(C2C(C(=O)C=Cc3ccccc3)=C(O)C(=O)N2CCOC)c1. The number of aliphatic hydroxyl groups excluding tert-OH is 1. The highest BCUT2D eigenvalue weighted by Gasteiger charge is 2.42. The van der Waals surface area contributed by atoms with Crippen LogP contribution in [0, 0.1) is 0 Å². The van der Waals surface area contributed by atoms with Crippen molar-refractivity contribution in [2.75, 3.05) is 26.9 Å². The molecule has 6 heteroatoms. The molecule has 1 aliphatic heterocycles. The summed E-state index contributed by atoms with van der Waals surface area (Å²) in [5, 5.41) is 10.6. The van der Waals surface area contributed by atoms with Crippen LogP contribution in [0.15, 0.2) is 72.0 Å². The largest absolute Gasteiger partial charge is 0.503 e. The first-order chi connectivity index (χ1) is 15.1. The molecule has 0 aliphatic carbocycles. The van der Waals surface area contributed by atoms with E-state index in [1.165, 1.54) is 18.1 Å². The molecule has 0 aromatic heterocycles. The molecule has 3 rings (SSSR count). The lowest BCUT2D eigenvalue weighted by molar-refractivity contribution is -0.130. The number of aliphatic hydroxyl groups is 1. The van der Waals surface area contributed by atoms with Gasteiger partial charge in [0, 0.05) is 13.7 Å². The number of allylic oxidation sites excluding steroid dienone is 1. The van der Waals surface area contributed by atoms with Crippen molar-refractivity contribution in [3.05, 3.63) is 83.1 Å². The van der Waals surface area contributed by atoms with Gasteiger partial charge in [-0.15, -0.1) is 0 Å². The number of amides is 1. The van der Waals surface area contributed by atoms with Crippen molar-refractivity contribution < 1.29 is 24.2 Å². The lowest BCUT2D eigenvalue weighted by atomic mass is 9.95. The van der Waals surface area contributed by atoms with Gasteiger partial charge in [0.25, 0.3) is 5.91 Å². The standard InChI is InChI=1S/C25H27NO5/c1-3-15-31-20-11-7-10-19(17-20)23-22(24(28)25(29)26(23)14-16-30-2)21(27)13-12-18-8-5-4-6-9-18/h4-13,17,23,28H,3,14-16H2,1-2H3. The molecule has 1 atom stereocenters. The maximum Gasteiger partial charge on any atom is 0.290 e. The highest BCUT2D eigenvalue weighted by molar-refractivity contribution is 6.14. The second kappa shape index (κ2) is 10.6. The summed E-state index contributed by atoms with van der Waals surface area (Å²) in [5.41, 5.74) is 1.60. The highest BCUT2D eigenvalue weighted by atomic mass is 16.5. The van der Waals surface area contributed by atoms with Gasteiger partial charge in [0.2, 0.25) is 0 Å². The van der Waals surface area contributed by atoms with Gasteiger partial charge in [-0.3, -0.25) is 9.59 Å². The summed E-state index contributed by atoms with van der Waals surface area (Å²) in [5.74, 6) is -0.877. The topological polar surface area (TPSA) is 76.1 Å². The minimum atomic E-state index is -0.722. The third-order valence-electron chi connectivity index (χ3n) is 4.98. The molecule has 0 bridgehead atoms. The second-order valence-corrected chi connectivity index (χ2v) is 7.19. The molecule has 0 saturated carbocycles. The molecule has 1 amide bonds. The Bertz CT molecular complexity index is 980. The second-order valence-electron chi connectivity index (χ2n) is 7.19. The van der Waals surface area contributed by atoms with Crippen LogP contribution in [0.4, 0.5) is 0 Å². The Balaban J connectivity index is 1.97. The minimum absolute atomic E-state index is 0.0564. The number of carbonyl (C=O) groups excluding carboxylic acids is 2. The highest BCUT2D eigenvalue weighted by Crippen LogP contribution is 2.38.